The van der Waals surface area contributed by atoms with Crippen LogP contribution in [0.2, 0.25) is 0 Å². The van der Waals surface area contributed by atoms with E-state index in [0.717, 1.165) is 18.4 Å². The number of phenolic OH excluding ortho intramolecular Hbond substituents is 1. The molecule has 0 bridgehead atoms. The molecule has 0 saturated heterocycles. The molecule has 3 aromatic carbocycles. The lowest BCUT2D eigenvalue weighted by Gasteiger charge is -2.04. The van der Waals surface area contributed by atoms with Gasteiger partial charge in [0, 0.05) is 12.2 Å². The van der Waals surface area contributed by atoms with E-state index in [-0.39, 0.29) is 23.4 Å². The number of unbranched alkanes of at least 4 members (excludes halogenated alkanes) is 5. The Hall–Kier alpha value is -3.90. The second-order valence-electron chi connectivity index (χ2n) is 8.99. The highest BCUT2D eigenvalue weighted by molar-refractivity contribution is 5.93. The van der Waals surface area contributed by atoms with Crippen LogP contribution in [-0.2, 0) is 9.53 Å². The summed E-state index contributed by atoms with van der Waals surface area (Å²) in [6.07, 6.45) is 10.3. The molecule has 6 heteroatoms. The van der Waals surface area contributed by atoms with E-state index in [4.69, 9.17) is 14.6 Å². The zero-order valence-electron chi connectivity index (χ0n) is 23.3. The summed E-state index contributed by atoms with van der Waals surface area (Å²) in [6.45, 7) is 6.19. The molecule has 0 saturated carbocycles. The molecule has 6 nitrogen and oxygen atoms in total. The number of rotatable bonds is 11. The van der Waals surface area contributed by atoms with Gasteiger partial charge in [-0.3, -0.25) is 0 Å². The summed E-state index contributed by atoms with van der Waals surface area (Å²) in [5.41, 5.74) is 1.17. The van der Waals surface area contributed by atoms with E-state index in [9.17, 15) is 14.7 Å². The van der Waals surface area contributed by atoms with Crippen molar-refractivity contribution in [2.45, 2.75) is 65.4 Å². The van der Waals surface area contributed by atoms with Crippen molar-refractivity contribution >= 4 is 18.0 Å². The number of carbonyl (C=O) groups is 2. The normalized spacial score (nSPS) is 10.2. The Bertz CT molecular complexity index is 1070. The van der Waals surface area contributed by atoms with Crippen LogP contribution >= 0.6 is 0 Å². The Balaban J connectivity index is 0.000000346. The number of hydrogen-bond donors (Lipinski definition) is 2. The zero-order chi connectivity index (χ0) is 28.7. The second kappa shape index (κ2) is 21.1. The summed E-state index contributed by atoms with van der Waals surface area (Å²) in [5, 5.41) is 17.5. The van der Waals surface area contributed by atoms with Gasteiger partial charge >= 0.3 is 11.9 Å². The van der Waals surface area contributed by atoms with Crippen molar-refractivity contribution < 1.29 is 29.3 Å². The second-order valence-corrected chi connectivity index (χ2v) is 8.99. The van der Waals surface area contributed by atoms with E-state index in [1.165, 1.54) is 43.9 Å². The molecular weight excluding hydrogens is 492 g/mol. The smallest absolute Gasteiger partial charge is 0.347 e. The SMILES string of the molecule is CC(C)O.CCCCCCCCOC(=O)C=Cc1ccccc1.O=C(Oc1ccccc1)c1ccccc1O. The van der Waals surface area contributed by atoms with Gasteiger partial charge in [-0.05, 0) is 56.2 Å². The van der Waals surface area contributed by atoms with Gasteiger partial charge in [-0.25, -0.2) is 9.59 Å². The fourth-order valence-corrected chi connectivity index (χ4v) is 3.13. The van der Waals surface area contributed by atoms with Crippen LogP contribution in [0.25, 0.3) is 6.08 Å². The molecule has 0 aliphatic carbocycles. The number of esters is 2. The first-order valence-corrected chi connectivity index (χ1v) is 13.5. The molecule has 39 heavy (non-hydrogen) atoms. The third kappa shape index (κ3) is 17.3. The van der Waals surface area contributed by atoms with E-state index in [1.54, 1.807) is 56.3 Å². The molecular formula is C33H42O6. The van der Waals surface area contributed by atoms with Gasteiger partial charge in [-0.15, -0.1) is 0 Å². The first-order valence-electron chi connectivity index (χ1n) is 13.5. The number of carbonyl (C=O) groups excluding carboxylic acids is 2. The first kappa shape index (κ1) is 33.1. The number of aromatic hydroxyl groups is 1. The molecule has 0 aliphatic rings. The lowest BCUT2D eigenvalue weighted by Crippen LogP contribution is -2.08. The topological polar surface area (TPSA) is 93.1 Å². The van der Waals surface area contributed by atoms with Gasteiger partial charge in [0.25, 0.3) is 0 Å². The van der Waals surface area contributed by atoms with Crippen molar-refractivity contribution in [3.8, 4) is 11.5 Å². The Labute approximate surface area is 232 Å². The first-order chi connectivity index (χ1) is 18.8. The maximum absolute atomic E-state index is 11.7. The number of benzene rings is 3. The van der Waals surface area contributed by atoms with E-state index >= 15 is 0 Å². The molecule has 0 amide bonds. The number of para-hydroxylation sites is 2. The molecule has 0 spiro atoms. The van der Waals surface area contributed by atoms with Crippen LogP contribution in [0.3, 0.4) is 0 Å². The van der Waals surface area contributed by atoms with Crippen LogP contribution in [0, 0.1) is 0 Å². The average Bonchev–Trinajstić information content (AvgIpc) is 2.93. The van der Waals surface area contributed by atoms with E-state index in [1.807, 2.05) is 36.4 Å². The minimum absolute atomic E-state index is 0.0802. The van der Waals surface area contributed by atoms with E-state index in [2.05, 4.69) is 6.92 Å². The van der Waals surface area contributed by atoms with Crippen LogP contribution in [-0.4, -0.2) is 34.9 Å². The van der Waals surface area contributed by atoms with E-state index in [0.29, 0.717) is 12.4 Å². The quantitative estimate of drug-likeness (QED) is 0.114. The minimum Gasteiger partial charge on any atom is -0.507 e. The summed E-state index contributed by atoms with van der Waals surface area (Å²) < 4.78 is 10.2. The molecule has 2 N–H and O–H groups in total. The fraction of sp³-hybridized carbons (Fsp3) is 0.333. The van der Waals surface area contributed by atoms with Crippen molar-refractivity contribution in [1.82, 2.24) is 0 Å². The number of aliphatic hydroxyl groups excluding tert-OH is 1. The predicted molar refractivity (Wildman–Crippen MR) is 157 cm³/mol. The highest BCUT2D eigenvalue weighted by Gasteiger charge is 2.12. The largest absolute Gasteiger partial charge is 0.507 e. The molecule has 0 fully saturated rings. The highest BCUT2D eigenvalue weighted by Crippen LogP contribution is 2.18. The summed E-state index contributed by atoms with van der Waals surface area (Å²) in [4.78, 5) is 23.1. The number of ether oxygens (including phenoxy) is 2. The number of aliphatic hydroxyl groups is 1. The van der Waals surface area contributed by atoms with Gasteiger partial charge in [-0.2, -0.15) is 0 Å². The number of phenols is 1. The average molecular weight is 535 g/mol. The maximum atomic E-state index is 11.7. The van der Waals surface area contributed by atoms with Gasteiger partial charge in [0.1, 0.15) is 17.1 Å². The van der Waals surface area contributed by atoms with Gasteiger partial charge < -0.3 is 19.7 Å². The molecule has 0 aromatic heterocycles. The molecule has 0 unspecified atom stereocenters. The van der Waals surface area contributed by atoms with Crippen molar-refractivity contribution in [3.05, 3.63) is 102 Å². The van der Waals surface area contributed by atoms with Crippen molar-refractivity contribution in [3.63, 3.8) is 0 Å². The van der Waals surface area contributed by atoms with Crippen LogP contribution in [0.5, 0.6) is 11.5 Å². The van der Waals surface area contributed by atoms with Gasteiger partial charge in [-0.1, -0.05) is 99.7 Å². The number of hydrogen-bond acceptors (Lipinski definition) is 6. The Morgan fingerprint density at radius 3 is 1.95 bits per heavy atom. The van der Waals surface area contributed by atoms with Crippen LogP contribution in [0.1, 0.15) is 75.2 Å². The lowest BCUT2D eigenvalue weighted by atomic mass is 10.1. The summed E-state index contributed by atoms with van der Waals surface area (Å²) in [7, 11) is 0. The summed E-state index contributed by atoms with van der Waals surface area (Å²) in [6, 6.07) is 24.8. The molecule has 0 aliphatic heterocycles. The third-order valence-corrected chi connectivity index (χ3v) is 5.03. The van der Waals surface area contributed by atoms with Crippen LogP contribution in [0.15, 0.2) is 91.0 Å². The van der Waals surface area contributed by atoms with Crippen molar-refractivity contribution in [2.75, 3.05) is 6.61 Å². The Morgan fingerprint density at radius 1 is 0.795 bits per heavy atom. The summed E-state index contributed by atoms with van der Waals surface area (Å²) >= 11 is 0. The third-order valence-electron chi connectivity index (χ3n) is 5.03. The van der Waals surface area contributed by atoms with Crippen LogP contribution in [0.4, 0.5) is 0 Å². The monoisotopic (exact) mass is 534 g/mol. The van der Waals surface area contributed by atoms with Gasteiger partial charge in [0.15, 0.2) is 0 Å². The Kier molecular flexibility index (Phi) is 17.9. The van der Waals surface area contributed by atoms with Crippen LogP contribution < -0.4 is 4.74 Å². The molecule has 0 heterocycles. The molecule has 0 atom stereocenters. The van der Waals surface area contributed by atoms with Crippen molar-refractivity contribution in [1.29, 1.82) is 0 Å². The lowest BCUT2D eigenvalue weighted by molar-refractivity contribution is -0.137. The highest BCUT2D eigenvalue weighted by atomic mass is 16.5. The summed E-state index contributed by atoms with van der Waals surface area (Å²) in [5.74, 6) is -0.444. The van der Waals surface area contributed by atoms with Crippen molar-refractivity contribution in [2.24, 2.45) is 0 Å². The standard InChI is InChI=1S/C17H24O2.C13H10O3.C3H8O/c1-2-3-4-5-6-10-15-19-17(18)14-13-16-11-8-7-9-12-16;14-12-9-5-4-8-11(12)13(15)16-10-6-2-1-3-7-10;1-3(2)4/h7-9,11-14H,2-6,10,15H2,1H3;1-9,14H;3-4H,1-2H3. The molecule has 3 rings (SSSR count). The van der Waals surface area contributed by atoms with Gasteiger partial charge in [0.05, 0.1) is 6.61 Å². The Morgan fingerprint density at radius 2 is 1.33 bits per heavy atom. The predicted octanol–water partition coefficient (Wildman–Crippen LogP) is 7.60. The maximum Gasteiger partial charge on any atom is 0.347 e. The van der Waals surface area contributed by atoms with E-state index < -0.39 is 5.97 Å². The zero-order valence-corrected chi connectivity index (χ0v) is 23.3. The molecule has 3 aromatic rings. The minimum atomic E-state index is -0.565. The molecule has 0 radical (unpaired) electrons. The molecule has 210 valence electrons. The van der Waals surface area contributed by atoms with Gasteiger partial charge in [0.2, 0.25) is 0 Å². The fourth-order valence-electron chi connectivity index (χ4n) is 3.13.